The second kappa shape index (κ2) is 24.0. The predicted octanol–water partition coefficient (Wildman–Crippen LogP) is 5.80. The Bertz CT molecular complexity index is 545. The summed E-state index contributed by atoms with van der Waals surface area (Å²) < 4.78 is 25.6. The van der Waals surface area contributed by atoms with Crippen molar-refractivity contribution in [3.8, 4) is 0 Å². The molecule has 9 heteroatoms. The maximum atomic E-state index is 11.7. The van der Waals surface area contributed by atoms with Gasteiger partial charge in [-0.25, -0.2) is 4.57 Å². The molecule has 1 unspecified atom stereocenters. The van der Waals surface area contributed by atoms with E-state index in [2.05, 4.69) is 28.1 Å². The molecule has 202 valence electrons. The molecule has 0 aromatic carbocycles. The molecule has 4 N–H and O–H groups in total. The molecule has 0 rings (SSSR count). The topological polar surface area (TPSA) is 128 Å². The molecule has 0 fully saturated rings. The van der Waals surface area contributed by atoms with E-state index >= 15 is 0 Å². The van der Waals surface area contributed by atoms with E-state index in [1.165, 1.54) is 77.0 Å². The smallest absolute Gasteiger partial charge is 0.463 e. The van der Waals surface area contributed by atoms with Crippen molar-refractivity contribution in [2.24, 2.45) is 5.73 Å². The van der Waals surface area contributed by atoms with Gasteiger partial charge in [0.15, 0.2) is 0 Å². The van der Waals surface area contributed by atoms with E-state index in [0.717, 1.165) is 19.3 Å². The van der Waals surface area contributed by atoms with Gasteiger partial charge in [-0.2, -0.15) is 0 Å². The number of esters is 1. The third-order valence-corrected chi connectivity index (χ3v) is 6.37. The number of rotatable bonds is 25. The summed E-state index contributed by atoms with van der Waals surface area (Å²) in [5, 5.41) is 9.69. The number of phosphoric acid groups is 1. The van der Waals surface area contributed by atoms with E-state index in [1.54, 1.807) is 0 Å². The maximum absolute atomic E-state index is 11.7. The highest BCUT2D eigenvalue weighted by molar-refractivity contribution is 7.47. The zero-order valence-corrected chi connectivity index (χ0v) is 22.2. The summed E-state index contributed by atoms with van der Waals surface area (Å²) in [5.41, 5.74) is 5.17. The molecule has 0 radical (unpaired) electrons. The van der Waals surface area contributed by atoms with Gasteiger partial charge >= 0.3 is 13.8 Å². The van der Waals surface area contributed by atoms with Gasteiger partial charge in [-0.15, -0.1) is 0 Å². The number of aliphatic hydroxyl groups excluding tert-OH is 1. The lowest BCUT2D eigenvalue weighted by Gasteiger charge is -2.15. The first-order valence-corrected chi connectivity index (χ1v) is 14.7. The van der Waals surface area contributed by atoms with E-state index in [1.807, 2.05) is 0 Å². The Morgan fingerprint density at radius 3 is 1.94 bits per heavy atom. The summed E-state index contributed by atoms with van der Waals surface area (Å²) in [4.78, 5) is 21.0. The van der Waals surface area contributed by atoms with Crippen molar-refractivity contribution in [3.63, 3.8) is 0 Å². The van der Waals surface area contributed by atoms with Crippen LogP contribution < -0.4 is 5.73 Å². The van der Waals surface area contributed by atoms with Crippen molar-refractivity contribution in [2.75, 3.05) is 26.4 Å². The molecule has 0 saturated heterocycles. The fourth-order valence-electron chi connectivity index (χ4n) is 3.39. The van der Waals surface area contributed by atoms with Crippen LogP contribution in [0, 0.1) is 0 Å². The maximum Gasteiger partial charge on any atom is 0.472 e. The van der Waals surface area contributed by atoms with Crippen LogP contribution in [0.2, 0.25) is 0 Å². The molecule has 0 amide bonds. The number of nitrogens with two attached hydrogens (primary N) is 1. The Morgan fingerprint density at radius 2 is 1.38 bits per heavy atom. The Labute approximate surface area is 207 Å². The van der Waals surface area contributed by atoms with Crippen LogP contribution in [-0.2, 0) is 23.1 Å². The first-order valence-electron chi connectivity index (χ1n) is 13.2. The van der Waals surface area contributed by atoms with Gasteiger partial charge in [-0.3, -0.25) is 13.8 Å². The van der Waals surface area contributed by atoms with Crippen LogP contribution in [0.25, 0.3) is 0 Å². The molecule has 0 aliphatic heterocycles. The van der Waals surface area contributed by atoms with Crippen molar-refractivity contribution in [2.45, 2.75) is 116 Å². The lowest BCUT2D eigenvalue weighted by molar-refractivity contribution is -0.147. The number of allylic oxidation sites excluding steroid dienone is 2. The number of aliphatic hydroxyl groups is 1. The number of ether oxygens (including phenoxy) is 1. The van der Waals surface area contributed by atoms with Gasteiger partial charge in [-0.1, -0.05) is 83.3 Å². The van der Waals surface area contributed by atoms with Crippen LogP contribution in [-0.4, -0.2) is 48.4 Å². The van der Waals surface area contributed by atoms with Gasteiger partial charge in [0, 0.05) is 13.0 Å². The quantitative estimate of drug-likeness (QED) is 0.0612. The summed E-state index contributed by atoms with van der Waals surface area (Å²) in [6.07, 6.45) is 22.0. The highest BCUT2D eigenvalue weighted by Crippen LogP contribution is 2.42. The van der Waals surface area contributed by atoms with E-state index in [0.29, 0.717) is 6.42 Å². The summed E-state index contributed by atoms with van der Waals surface area (Å²) in [6, 6.07) is 0. The van der Waals surface area contributed by atoms with Crippen LogP contribution in [0.15, 0.2) is 12.2 Å². The normalized spacial score (nSPS) is 14.4. The van der Waals surface area contributed by atoms with Crippen LogP contribution in [0.4, 0.5) is 0 Å². The largest absolute Gasteiger partial charge is 0.472 e. The number of unbranched alkanes of at least 4 members (excludes halogenated alkanes) is 13. The lowest BCUT2D eigenvalue weighted by Crippen LogP contribution is -2.23. The molecule has 0 aliphatic carbocycles. The summed E-state index contributed by atoms with van der Waals surface area (Å²) in [6.45, 7) is 1.44. The zero-order chi connectivity index (χ0) is 25.3. The molecule has 0 aromatic heterocycles. The second-order valence-electron chi connectivity index (χ2n) is 8.76. The van der Waals surface area contributed by atoms with Gasteiger partial charge in [0.2, 0.25) is 0 Å². The number of hydrogen-bond donors (Lipinski definition) is 3. The number of carbonyl (C=O) groups is 1. The van der Waals surface area contributed by atoms with Crippen molar-refractivity contribution in [3.05, 3.63) is 12.2 Å². The molecule has 34 heavy (non-hydrogen) atoms. The fraction of sp³-hybridized carbons (Fsp3) is 0.880. The summed E-state index contributed by atoms with van der Waals surface area (Å²) in [7, 11) is -4.24. The van der Waals surface area contributed by atoms with Crippen LogP contribution in [0.3, 0.4) is 0 Å². The SMILES string of the molecule is CCCCCCCC/C=C\CCCCCCCCCC(=O)OC[C@@H](O)COP(=O)(O)OCCN. The highest BCUT2D eigenvalue weighted by atomic mass is 31.2. The zero-order valence-electron chi connectivity index (χ0n) is 21.3. The molecule has 0 saturated carbocycles. The minimum atomic E-state index is -4.24. The van der Waals surface area contributed by atoms with Crippen LogP contribution >= 0.6 is 7.82 Å². The minimum Gasteiger partial charge on any atom is -0.463 e. The number of carbonyl (C=O) groups excluding carboxylic acids is 1. The number of phosphoric ester groups is 1. The summed E-state index contributed by atoms with van der Waals surface area (Å²) in [5.74, 6) is -0.390. The van der Waals surface area contributed by atoms with Gasteiger partial charge in [0.1, 0.15) is 12.7 Å². The van der Waals surface area contributed by atoms with Gasteiger partial charge in [0.25, 0.3) is 0 Å². The van der Waals surface area contributed by atoms with Gasteiger partial charge < -0.3 is 20.5 Å². The van der Waals surface area contributed by atoms with E-state index < -0.39 is 26.5 Å². The Hall–Kier alpha value is -0.760. The third kappa shape index (κ3) is 24.4. The lowest BCUT2D eigenvalue weighted by atomic mass is 10.1. The number of hydrogen-bond acceptors (Lipinski definition) is 7. The molecule has 0 heterocycles. The molecule has 0 aliphatic rings. The highest BCUT2D eigenvalue weighted by Gasteiger charge is 2.22. The predicted molar refractivity (Wildman–Crippen MR) is 136 cm³/mol. The average molecular weight is 508 g/mol. The van der Waals surface area contributed by atoms with E-state index in [4.69, 9.17) is 10.5 Å². The van der Waals surface area contributed by atoms with Crippen LogP contribution in [0.1, 0.15) is 110 Å². The molecular weight excluding hydrogens is 457 g/mol. The summed E-state index contributed by atoms with van der Waals surface area (Å²) >= 11 is 0. The molecule has 2 atom stereocenters. The molecule has 0 spiro atoms. The first-order chi connectivity index (χ1) is 16.4. The second-order valence-corrected chi connectivity index (χ2v) is 10.2. The molecule has 0 bridgehead atoms. The minimum absolute atomic E-state index is 0.0745. The van der Waals surface area contributed by atoms with Gasteiger partial charge in [0.05, 0.1) is 13.2 Å². The molecular formula is C25H50NO7P. The molecule has 0 aromatic rings. The van der Waals surface area contributed by atoms with E-state index in [-0.39, 0.29) is 19.8 Å². The van der Waals surface area contributed by atoms with Crippen molar-refractivity contribution < 1.29 is 33.1 Å². The Morgan fingerprint density at radius 1 is 0.853 bits per heavy atom. The van der Waals surface area contributed by atoms with Crippen molar-refractivity contribution >= 4 is 13.8 Å². The fourth-order valence-corrected chi connectivity index (χ4v) is 4.16. The van der Waals surface area contributed by atoms with E-state index in [9.17, 15) is 19.4 Å². The first kappa shape index (κ1) is 33.2. The Kier molecular flexibility index (Phi) is 23.4. The monoisotopic (exact) mass is 507 g/mol. The third-order valence-electron chi connectivity index (χ3n) is 5.38. The van der Waals surface area contributed by atoms with Crippen LogP contribution in [0.5, 0.6) is 0 Å². The van der Waals surface area contributed by atoms with Gasteiger partial charge in [-0.05, 0) is 32.1 Å². The van der Waals surface area contributed by atoms with Crippen molar-refractivity contribution in [1.82, 2.24) is 0 Å². The van der Waals surface area contributed by atoms with Crippen molar-refractivity contribution in [1.29, 1.82) is 0 Å². The molecule has 8 nitrogen and oxygen atoms in total. The average Bonchev–Trinajstić information content (AvgIpc) is 2.82. The Balaban J connectivity index is 3.44. The standard InChI is InChI=1S/C25H50NO7P/c1-2-3-4-5-6-7-8-9-10-11-12-13-14-15-16-17-18-19-25(28)31-22-24(27)23-33-34(29,30)32-21-20-26/h9-10,24,27H,2-8,11-23,26H2,1H3,(H,29,30)/b10-9-/t24-/m1/s1.